The van der Waals surface area contributed by atoms with Crippen molar-refractivity contribution >= 4 is 10.9 Å². The second-order valence-electron chi connectivity index (χ2n) is 4.82. The van der Waals surface area contributed by atoms with E-state index in [1.54, 1.807) is 17.7 Å². The van der Waals surface area contributed by atoms with Crippen LogP contribution < -0.4 is 10.9 Å². The summed E-state index contributed by atoms with van der Waals surface area (Å²) in [4.78, 5) is 12.3. The van der Waals surface area contributed by atoms with Gasteiger partial charge in [-0.25, -0.2) is 4.39 Å². The summed E-state index contributed by atoms with van der Waals surface area (Å²) < 4.78 is 14.9. The van der Waals surface area contributed by atoms with E-state index in [1.165, 1.54) is 12.1 Å². The first-order valence-electron chi connectivity index (χ1n) is 6.19. The molecule has 0 amide bonds. The molecular weight excluding hydrogens is 231 g/mol. The molecule has 2 heterocycles. The number of aromatic nitrogens is 1. The zero-order valence-electron chi connectivity index (χ0n) is 10.2. The predicted octanol–water partition coefficient (Wildman–Crippen LogP) is 2.10. The Morgan fingerprint density at radius 3 is 2.94 bits per heavy atom. The van der Waals surface area contributed by atoms with Crippen molar-refractivity contribution in [3.05, 3.63) is 46.0 Å². The minimum atomic E-state index is -0.272. The Hall–Kier alpha value is -1.68. The van der Waals surface area contributed by atoms with Crippen LogP contribution in [0.15, 0.2) is 29.1 Å². The van der Waals surface area contributed by atoms with Crippen LogP contribution in [0.2, 0.25) is 0 Å². The lowest BCUT2D eigenvalue weighted by atomic mass is 10.0. The molecule has 94 valence electrons. The first-order valence-corrected chi connectivity index (χ1v) is 6.19. The number of hydrogen-bond acceptors (Lipinski definition) is 2. The lowest BCUT2D eigenvalue weighted by Crippen LogP contribution is -2.27. The number of aryl methyl sites for hydroxylation is 1. The van der Waals surface area contributed by atoms with E-state index in [4.69, 9.17) is 0 Å². The molecule has 1 unspecified atom stereocenters. The van der Waals surface area contributed by atoms with Crippen LogP contribution >= 0.6 is 0 Å². The van der Waals surface area contributed by atoms with E-state index in [0.717, 1.165) is 35.9 Å². The minimum absolute atomic E-state index is 0.00788. The van der Waals surface area contributed by atoms with Crippen molar-refractivity contribution in [3.63, 3.8) is 0 Å². The maximum atomic E-state index is 13.3. The summed E-state index contributed by atoms with van der Waals surface area (Å²) in [5.41, 5.74) is 1.52. The second-order valence-corrected chi connectivity index (χ2v) is 4.82. The van der Waals surface area contributed by atoms with Gasteiger partial charge in [0, 0.05) is 24.0 Å². The van der Waals surface area contributed by atoms with Gasteiger partial charge < -0.3 is 9.88 Å². The number of fused-ring (bicyclic) bond motifs is 1. The van der Waals surface area contributed by atoms with E-state index in [1.807, 2.05) is 6.07 Å². The molecule has 4 heteroatoms. The Morgan fingerprint density at radius 1 is 1.39 bits per heavy atom. The summed E-state index contributed by atoms with van der Waals surface area (Å²) in [6.45, 7) is 0.939. The summed E-state index contributed by atoms with van der Waals surface area (Å²) in [7, 11) is 1.74. The smallest absolute Gasteiger partial charge is 0.255 e. The van der Waals surface area contributed by atoms with Gasteiger partial charge in [0.15, 0.2) is 0 Å². The molecule has 1 atom stereocenters. The molecule has 0 radical (unpaired) electrons. The Labute approximate surface area is 104 Å². The van der Waals surface area contributed by atoms with Gasteiger partial charge in [0.2, 0.25) is 0 Å². The van der Waals surface area contributed by atoms with Crippen LogP contribution in [-0.4, -0.2) is 11.1 Å². The van der Waals surface area contributed by atoms with E-state index in [9.17, 15) is 9.18 Å². The molecule has 18 heavy (non-hydrogen) atoms. The van der Waals surface area contributed by atoms with Crippen molar-refractivity contribution in [2.24, 2.45) is 7.05 Å². The maximum absolute atomic E-state index is 13.3. The molecule has 2 aromatic rings. The third-order valence-corrected chi connectivity index (χ3v) is 3.65. The molecule has 1 fully saturated rings. The van der Waals surface area contributed by atoms with Crippen molar-refractivity contribution < 1.29 is 4.39 Å². The van der Waals surface area contributed by atoms with Gasteiger partial charge in [0.25, 0.3) is 5.56 Å². The Balaban J connectivity index is 2.26. The van der Waals surface area contributed by atoms with E-state index >= 15 is 0 Å². The van der Waals surface area contributed by atoms with Gasteiger partial charge in [0.05, 0.1) is 5.52 Å². The fourth-order valence-corrected chi connectivity index (χ4v) is 2.68. The van der Waals surface area contributed by atoms with Crippen molar-refractivity contribution in [2.75, 3.05) is 6.54 Å². The Kier molecular flexibility index (Phi) is 2.67. The number of hydrogen-bond donors (Lipinski definition) is 1. The van der Waals surface area contributed by atoms with Crippen molar-refractivity contribution in [3.8, 4) is 0 Å². The number of nitrogens with zero attached hydrogens (tertiary/aromatic N) is 1. The fourth-order valence-electron chi connectivity index (χ4n) is 2.68. The van der Waals surface area contributed by atoms with Crippen molar-refractivity contribution in [2.45, 2.75) is 18.9 Å². The minimum Gasteiger partial charge on any atom is -0.311 e. The fraction of sp³-hybridized carbons (Fsp3) is 0.357. The molecule has 1 aliphatic heterocycles. The zero-order chi connectivity index (χ0) is 12.7. The maximum Gasteiger partial charge on any atom is 0.255 e. The first-order chi connectivity index (χ1) is 8.66. The van der Waals surface area contributed by atoms with Gasteiger partial charge in [-0.3, -0.25) is 4.79 Å². The van der Waals surface area contributed by atoms with Gasteiger partial charge in [0.1, 0.15) is 5.82 Å². The van der Waals surface area contributed by atoms with Gasteiger partial charge in [-0.1, -0.05) is 0 Å². The summed E-state index contributed by atoms with van der Waals surface area (Å²) in [5.74, 6) is -0.272. The van der Waals surface area contributed by atoms with Gasteiger partial charge in [-0.15, -0.1) is 0 Å². The molecule has 0 bridgehead atoms. The van der Waals surface area contributed by atoms with Crippen LogP contribution in [0, 0.1) is 5.82 Å². The van der Waals surface area contributed by atoms with Crippen LogP contribution in [0.4, 0.5) is 4.39 Å². The van der Waals surface area contributed by atoms with E-state index < -0.39 is 0 Å². The average Bonchev–Trinajstić information content (AvgIpc) is 2.87. The lowest BCUT2D eigenvalue weighted by Gasteiger charge is -2.13. The van der Waals surface area contributed by atoms with Crippen molar-refractivity contribution in [1.29, 1.82) is 0 Å². The third kappa shape index (κ3) is 1.73. The van der Waals surface area contributed by atoms with Gasteiger partial charge in [-0.05, 0) is 43.7 Å². The lowest BCUT2D eigenvalue weighted by molar-refractivity contribution is 0.626. The Morgan fingerprint density at radius 2 is 2.22 bits per heavy atom. The molecule has 1 aromatic heterocycles. The van der Waals surface area contributed by atoms with E-state index in [-0.39, 0.29) is 17.4 Å². The zero-order valence-corrected chi connectivity index (χ0v) is 10.2. The predicted molar refractivity (Wildman–Crippen MR) is 69.1 cm³/mol. The summed E-state index contributed by atoms with van der Waals surface area (Å²) >= 11 is 0. The summed E-state index contributed by atoms with van der Waals surface area (Å²) in [6.07, 6.45) is 2.05. The van der Waals surface area contributed by atoms with Crippen LogP contribution in [0.5, 0.6) is 0 Å². The molecule has 3 rings (SSSR count). The average molecular weight is 246 g/mol. The SMILES string of the molecule is Cn1c(=O)c(C2CCCN2)cc2cc(F)ccc21. The highest BCUT2D eigenvalue weighted by atomic mass is 19.1. The number of pyridine rings is 1. The largest absolute Gasteiger partial charge is 0.311 e. The van der Waals surface area contributed by atoms with Gasteiger partial charge >= 0.3 is 0 Å². The normalized spacial score (nSPS) is 19.6. The van der Waals surface area contributed by atoms with E-state index in [0.29, 0.717) is 0 Å². The number of benzene rings is 1. The van der Waals surface area contributed by atoms with Crippen LogP contribution in [0.3, 0.4) is 0 Å². The molecule has 0 spiro atoms. The molecule has 0 aliphatic carbocycles. The molecule has 1 aromatic carbocycles. The molecule has 3 nitrogen and oxygen atoms in total. The Bertz CT molecular complexity index is 657. The topological polar surface area (TPSA) is 34.0 Å². The molecule has 1 saturated heterocycles. The van der Waals surface area contributed by atoms with E-state index in [2.05, 4.69) is 5.32 Å². The van der Waals surface area contributed by atoms with Crippen LogP contribution in [0.25, 0.3) is 10.9 Å². The number of nitrogens with one attached hydrogen (secondary N) is 1. The molecule has 0 saturated carbocycles. The summed E-state index contributed by atoms with van der Waals surface area (Å²) in [6, 6.07) is 6.45. The van der Waals surface area contributed by atoms with Crippen molar-refractivity contribution in [1.82, 2.24) is 9.88 Å². The van der Waals surface area contributed by atoms with Crippen LogP contribution in [0.1, 0.15) is 24.4 Å². The molecule has 1 aliphatic rings. The first kappa shape index (κ1) is 11.4. The summed E-state index contributed by atoms with van der Waals surface area (Å²) in [5, 5.41) is 4.09. The number of rotatable bonds is 1. The quantitative estimate of drug-likeness (QED) is 0.836. The molecular formula is C14H15FN2O. The molecule has 1 N–H and O–H groups in total. The second kappa shape index (κ2) is 4.21. The van der Waals surface area contributed by atoms with Gasteiger partial charge in [-0.2, -0.15) is 0 Å². The highest BCUT2D eigenvalue weighted by molar-refractivity contribution is 5.79. The third-order valence-electron chi connectivity index (χ3n) is 3.65. The highest BCUT2D eigenvalue weighted by Gasteiger charge is 2.20. The number of halogens is 1. The van der Waals surface area contributed by atoms with Crippen LogP contribution in [-0.2, 0) is 7.05 Å². The highest BCUT2D eigenvalue weighted by Crippen LogP contribution is 2.23. The monoisotopic (exact) mass is 246 g/mol. The standard InChI is InChI=1S/C14H15FN2O/c1-17-13-5-4-10(15)7-9(13)8-11(14(17)18)12-3-2-6-16-12/h4-5,7-8,12,16H,2-3,6H2,1H3.